The highest BCUT2D eigenvalue weighted by atomic mass is 16.3. The number of benzene rings is 1. The summed E-state index contributed by atoms with van der Waals surface area (Å²) in [6, 6.07) is 9.16. The van der Waals surface area contributed by atoms with Crippen molar-refractivity contribution in [3.63, 3.8) is 0 Å². The van der Waals surface area contributed by atoms with Crippen molar-refractivity contribution >= 4 is 11.4 Å². The first-order valence-corrected chi connectivity index (χ1v) is 6.62. The molecule has 0 aromatic heterocycles. The maximum absolute atomic E-state index is 9.59. The number of para-hydroxylation sites is 2. The van der Waals surface area contributed by atoms with Crippen LogP contribution in [0, 0.1) is 0 Å². The van der Waals surface area contributed by atoms with E-state index in [0.717, 1.165) is 38.8 Å². The molecule has 0 atom stereocenters. The predicted molar refractivity (Wildman–Crippen MR) is 70.5 cm³/mol. The molecule has 1 saturated carbocycles. The Bertz CT molecular complexity index is 386. The summed E-state index contributed by atoms with van der Waals surface area (Å²) in [7, 11) is 0. The molecule has 0 amide bonds. The lowest BCUT2D eigenvalue weighted by molar-refractivity contribution is 0.121. The topological polar surface area (TPSA) is 35.5 Å². The fraction of sp³-hybridized carbons (Fsp3) is 0.571. The third kappa shape index (κ3) is 2.12. The fourth-order valence-corrected chi connectivity index (χ4v) is 3.05. The van der Waals surface area contributed by atoms with Crippen LogP contribution in [-0.4, -0.2) is 30.3 Å². The molecule has 3 nitrogen and oxygen atoms in total. The van der Waals surface area contributed by atoms with E-state index in [0.29, 0.717) is 6.04 Å². The number of aliphatic hydroxyl groups excluding tert-OH is 1. The van der Waals surface area contributed by atoms with Gasteiger partial charge in [-0.1, -0.05) is 12.1 Å². The highest BCUT2D eigenvalue weighted by molar-refractivity contribution is 5.72. The van der Waals surface area contributed by atoms with Crippen molar-refractivity contribution in [1.82, 2.24) is 0 Å². The Kier molecular flexibility index (Phi) is 2.93. The Hall–Kier alpha value is -1.22. The summed E-state index contributed by atoms with van der Waals surface area (Å²) in [6.45, 7) is 2.11. The van der Waals surface area contributed by atoms with E-state index in [1.165, 1.54) is 11.4 Å². The van der Waals surface area contributed by atoms with E-state index in [4.69, 9.17) is 0 Å². The quantitative estimate of drug-likeness (QED) is 0.779. The molecule has 1 aliphatic heterocycles. The van der Waals surface area contributed by atoms with E-state index in [1.54, 1.807) is 0 Å². The number of rotatable bonds is 1. The Morgan fingerprint density at radius 3 is 2.71 bits per heavy atom. The zero-order valence-corrected chi connectivity index (χ0v) is 10.1. The summed E-state index contributed by atoms with van der Waals surface area (Å²) in [5.74, 6) is 0. The van der Waals surface area contributed by atoms with Gasteiger partial charge >= 0.3 is 0 Å². The van der Waals surface area contributed by atoms with Crippen LogP contribution in [-0.2, 0) is 0 Å². The Labute approximate surface area is 102 Å². The molecule has 0 bridgehead atoms. The second kappa shape index (κ2) is 4.57. The Balaban J connectivity index is 1.80. The molecule has 1 fully saturated rings. The van der Waals surface area contributed by atoms with Gasteiger partial charge in [0.25, 0.3) is 0 Å². The molecule has 3 heteroatoms. The summed E-state index contributed by atoms with van der Waals surface area (Å²) in [4.78, 5) is 2.53. The third-order valence-corrected chi connectivity index (χ3v) is 3.99. The molecule has 1 aromatic carbocycles. The largest absolute Gasteiger partial charge is 0.393 e. The highest BCUT2D eigenvalue weighted by Crippen LogP contribution is 2.34. The first-order chi connectivity index (χ1) is 8.34. The standard InChI is InChI=1S/C14H20N2O/c17-12-7-5-11(6-8-12)16-10-9-15-13-3-1-2-4-14(13)16/h1-4,11-12,15,17H,5-10H2. The molecule has 0 spiro atoms. The van der Waals surface area contributed by atoms with Crippen molar-refractivity contribution in [2.75, 3.05) is 23.3 Å². The molecular formula is C14H20N2O. The minimum absolute atomic E-state index is 0.0654. The number of anilines is 2. The summed E-state index contributed by atoms with van der Waals surface area (Å²) < 4.78 is 0. The lowest BCUT2D eigenvalue weighted by atomic mass is 9.91. The van der Waals surface area contributed by atoms with Gasteiger partial charge in [0.15, 0.2) is 0 Å². The van der Waals surface area contributed by atoms with Crippen LogP contribution in [0.5, 0.6) is 0 Å². The molecular weight excluding hydrogens is 212 g/mol. The van der Waals surface area contributed by atoms with E-state index < -0.39 is 0 Å². The average Bonchev–Trinajstić information content (AvgIpc) is 2.39. The van der Waals surface area contributed by atoms with Crippen molar-refractivity contribution in [2.45, 2.75) is 37.8 Å². The van der Waals surface area contributed by atoms with Crippen molar-refractivity contribution in [3.05, 3.63) is 24.3 Å². The molecule has 1 aliphatic carbocycles. The van der Waals surface area contributed by atoms with Crippen LogP contribution in [0.15, 0.2) is 24.3 Å². The zero-order chi connectivity index (χ0) is 11.7. The first kappa shape index (κ1) is 10.9. The second-order valence-corrected chi connectivity index (χ2v) is 5.10. The lowest BCUT2D eigenvalue weighted by Crippen LogP contribution is -2.44. The summed E-state index contributed by atoms with van der Waals surface area (Å²) in [5.41, 5.74) is 2.59. The van der Waals surface area contributed by atoms with Crippen LogP contribution in [0.1, 0.15) is 25.7 Å². The first-order valence-electron chi connectivity index (χ1n) is 6.62. The second-order valence-electron chi connectivity index (χ2n) is 5.10. The summed E-state index contributed by atoms with van der Waals surface area (Å²) in [5, 5.41) is 13.0. The van der Waals surface area contributed by atoms with E-state index in [9.17, 15) is 5.11 Å². The molecule has 0 saturated heterocycles. The normalized spacial score (nSPS) is 28.4. The van der Waals surface area contributed by atoms with Crippen molar-refractivity contribution < 1.29 is 5.11 Å². The molecule has 0 radical (unpaired) electrons. The van der Waals surface area contributed by atoms with Crippen molar-refractivity contribution in [1.29, 1.82) is 0 Å². The van der Waals surface area contributed by atoms with Gasteiger partial charge in [-0.15, -0.1) is 0 Å². The van der Waals surface area contributed by atoms with E-state index >= 15 is 0 Å². The van der Waals surface area contributed by atoms with Gasteiger partial charge in [-0.25, -0.2) is 0 Å². The number of fused-ring (bicyclic) bond motifs is 1. The number of hydrogen-bond donors (Lipinski definition) is 2. The molecule has 3 rings (SSSR count). The summed E-state index contributed by atoms with van der Waals surface area (Å²) >= 11 is 0. The van der Waals surface area contributed by atoms with Crippen LogP contribution < -0.4 is 10.2 Å². The van der Waals surface area contributed by atoms with Gasteiger partial charge < -0.3 is 15.3 Å². The minimum Gasteiger partial charge on any atom is -0.393 e. The average molecular weight is 232 g/mol. The molecule has 2 aliphatic rings. The van der Waals surface area contributed by atoms with Gasteiger partial charge in [0, 0.05) is 19.1 Å². The number of aliphatic hydroxyl groups is 1. The molecule has 17 heavy (non-hydrogen) atoms. The zero-order valence-electron chi connectivity index (χ0n) is 10.1. The predicted octanol–water partition coefficient (Wildman–Crippen LogP) is 2.22. The van der Waals surface area contributed by atoms with Crippen LogP contribution in [0.25, 0.3) is 0 Å². The van der Waals surface area contributed by atoms with Gasteiger partial charge in [0.2, 0.25) is 0 Å². The summed E-state index contributed by atoms with van der Waals surface area (Å²) in [6.07, 6.45) is 4.09. The number of hydrogen-bond acceptors (Lipinski definition) is 3. The van der Waals surface area contributed by atoms with Crippen LogP contribution in [0.2, 0.25) is 0 Å². The van der Waals surface area contributed by atoms with Gasteiger partial charge in [0.1, 0.15) is 0 Å². The number of nitrogens with one attached hydrogen (secondary N) is 1. The maximum Gasteiger partial charge on any atom is 0.0605 e. The van der Waals surface area contributed by atoms with E-state index in [1.807, 2.05) is 0 Å². The Morgan fingerprint density at radius 2 is 1.88 bits per heavy atom. The smallest absolute Gasteiger partial charge is 0.0605 e. The Morgan fingerprint density at radius 1 is 1.12 bits per heavy atom. The van der Waals surface area contributed by atoms with Crippen LogP contribution >= 0.6 is 0 Å². The van der Waals surface area contributed by atoms with Gasteiger partial charge in [0.05, 0.1) is 17.5 Å². The van der Waals surface area contributed by atoms with E-state index in [-0.39, 0.29) is 6.10 Å². The fourth-order valence-electron chi connectivity index (χ4n) is 3.05. The molecule has 1 aromatic rings. The van der Waals surface area contributed by atoms with Gasteiger partial charge in [-0.3, -0.25) is 0 Å². The van der Waals surface area contributed by atoms with E-state index in [2.05, 4.69) is 34.5 Å². The van der Waals surface area contributed by atoms with Crippen molar-refractivity contribution in [2.24, 2.45) is 0 Å². The highest BCUT2D eigenvalue weighted by Gasteiger charge is 2.27. The molecule has 92 valence electrons. The monoisotopic (exact) mass is 232 g/mol. The number of nitrogens with zero attached hydrogens (tertiary/aromatic N) is 1. The maximum atomic E-state index is 9.59. The molecule has 2 N–H and O–H groups in total. The SMILES string of the molecule is OC1CCC(N2CCNc3ccccc32)CC1. The van der Waals surface area contributed by atoms with Crippen LogP contribution in [0.3, 0.4) is 0 Å². The third-order valence-electron chi connectivity index (χ3n) is 3.99. The molecule has 0 unspecified atom stereocenters. The molecule has 1 heterocycles. The van der Waals surface area contributed by atoms with Gasteiger partial charge in [-0.2, -0.15) is 0 Å². The lowest BCUT2D eigenvalue weighted by Gasteiger charge is -2.41. The van der Waals surface area contributed by atoms with Gasteiger partial charge in [-0.05, 0) is 37.8 Å². The minimum atomic E-state index is -0.0654. The van der Waals surface area contributed by atoms with Crippen LogP contribution in [0.4, 0.5) is 11.4 Å². The van der Waals surface area contributed by atoms with Crippen molar-refractivity contribution in [3.8, 4) is 0 Å².